The zero-order valence-electron chi connectivity index (χ0n) is 17.3. The molecule has 0 aromatic heterocycles. The van der Waals surface area contributed by atoms with Gasteiger partial charge in [-0.3, -0.25) is 9.69 Å². The molecule has 0 unspecified atom stereocenters. The van der Waals surface area contributed by atoms with Crippen molar-refractivity contribution in [3.8, 4) is 0 Å². The molecule has 2 atom stereocenters. The molecule has 160 valence electrons. The molecule has 1 amide bonds. The molecule has 0 bridgehead atoms. The topological polar surface area (TPSA) is 32.3 Å². The highest BCUT2D eigenvalue weighted by Crippen LogP contribution is 2.34. The molecule has 3 nitrogen and oxygen atoms in total. The average molecular weight is 421 g/mol. The van der Waals surface area contributed by atoms with Crippen molar-refractivity contribution in [2.24, 2.45) is 5.92 Å². The van der Waals surface area contributed by atoms with Gasteiger partial charge in [-0.15, -0.1) is 0 Å². The van der Waals surface area contributed by atoms with Crippen LogP contribution >= 0.6 is 0 Å². The second-order valence-corrected chi connectivity index (χ2v) is 8.07. The molecular formula is C26H26F2N2O. The zero-order chi connectivity index (χ0) is 21.6. The Hall–Kier alpha value is -3.05. The summed E-state index contributed by atoms with van der Waals surface area (Å²) in [7, 11) is 0. The number of likely N-dealkylation sites (tertiary alicyclic amines) is 1. The van der Waals surface area contributed by atoms with E-state index in [-0.39, 0.29) is 36.0 Å². The SMILES string of the molecule is O=C(NCc1ccccc1F)[C@@H]1CC[C@@H](c2ccccc2)N(Cc2ccc(F)cc2)C1. The summed E-state index contributed by atoms with van der Waals surface area (Å²) in [6.07, 6.45) is 1.62. The minimum absolute atomic E-state index is 0.0566. The Kier molecular flexibility index (Phi) is 6.73. The van der Waals surface area contributed by atoms with Gasteiger partial charge in [-0.05, 0) is 42.2 Å². The predicted octanol–water partition coefficient (Wildman–Crippen LogP) is 5.23. The number of carbonyl (C=O) groups is 1. The quantitative estimate of drug-likeness (QED) is 0.592. The molecule has 0 spiro atoms. The highest BCUT2D eigenvalue weighted by atomic mass is 19.1. The fraction of sp³-hybridized carbons (Fsp3) is 0.269. The first-order chi connectivity index (χ1) is 15.1. The molecule has 0 aliphatic carbocycles. The Morgan fingerprint density at radius 1 is 0.903 bits per heavy atom. The van der Waals surface area contributed by atoms with E-state index < -0.39 is 0 Å². The minimum atomic E-state index is -0.312. The molecule has 5 heteroatoms. The van der Waals surface area contributed by atoms with Gasteiger partial charge in [0.2, 0.25) is 5.91 Å². The summed E-state index contributed by atoms with van der Waals surface area (Å²) >= 11 is 0. The molecule has 3 aromatic rings. The molecule has 31 heavy (non-hydrogen) atoms. The van der Waals surface area contributed by atoms with Crippen molar-refractivity contribution < 1.29 is 13.6 Å². The van der Waals surface area contributed by atoms with Gasteiger partial charge in [0.1, 0.15) is 11.6 Å². The van der Waals surface area contributed by atoms with E-state index in [1.807, 2.05) is 18.2 Å². The number of rotatable bonds is 6. The van der Waals surface area contributed by atoms with E-state index in [2.05, 4.69) is 22.3 Å². The van der Waals surface area contributed by atoms with Gasteiger partial charge in [-0.25, -0.2) is 8.78 Å². The first kappa shape index (κ1) is 21.2. The van der Waals surface area contributed by atoms with E-state index in [1.165, 1.54) is 23.8 Å². The van der Waals surface area contributed by atoms with Crippen molar-refractivity contribution in [1.82, 2.24) is 10.2 Å². The number of halogens is 2. The van der Waals surface area contributed by atoms with Crippen molar-refractivity contribution in [1.29, 1.82) is 0 Å². The van der Waals surface area contributed by atoms with Gasteiger partial charge >= 0.3 is 0 Å². The molecule has 0 saturated carbocycles. The van der Waals surface area contributed by atoms with Crippen LogP contribution in [-0.4, -0.2) is 17.4 Å². The molecule has 4 rings (SSSR count). The zero-order valence-corrected chi connectivity index (χ0v) is 17.3. The van der Waals surface area contributed by atoms with Crippen molar-refractivity contribution in [3.63, 3.8) is 0 Å². The molecule has 1 N–H and O–H groups in total. The fourth-order valence-electron chi connectivity index (χ4n) is 4.28. The van der Waals surface area contributed by atoms with Crippen LogP contribution in [0.2, 0.25) is 0 Å². The standard InChI is InChI=1S/C26H26F2N2O/c27-23-13-10-19(11-14-23)17-30-18-22(12-15-25(30)20-6-2-1-3-7-20)26(31)29-16-21-8-4-5-9-24(21)28/h1-11,13-14,22,25H,12,15-18H2,(H,29,31)/t22-,25+/m1/s1. The van der Waals surface area contributed by atoms with E-state index >= 15 is 0 Å². The van der Waals surface area contributed by atoms with Gasteiger partial charge < -0.3 is 5.32 Å². The molecular weight excluding hydrogens is 394 g/mol. The number of hydrogen-bond acceptors (Lipinski definition) is 2. The first-order valence-corrected chi connectivity index (χ1v) is 10.6. The van der Waals surface area contributed by atoms with Gasteiger partial charge in [0, 0.05) is 31.2 Å². The van der Waals surface area contributed by atoms with Crippen LogP contribution in [0.4, 0.5) is 8.78 Å². The third kappa shape index (κ3) is 5.36. The molecule has 1 saturated heterocycles. The van der Waals surface area contributed by atoms with Crippen molar-refractivity contribution >= 4 is 5.91 Å². The van der Waals surface area contributed by atoms with Crippen LogP contribution in [0.1, 0.15) is 35.6 Å². The molecule has 1 fully saturated rings. The Morgan fingerprint density at radius 2 is 1.61 bits per heavy atom. The lowest BCUT2D eigenvalue weighted by Crippen LogP contribution is -2.44. The van der Waals surface area contributed by atoms with Gasteiger partial charge in [0.25, 0.3) is 0 Å². The average Bonchev–Trinajstić information content (AvgIpc) is 2.80. The lowest BCUT2D eigenvalue weighted by atomic mass is 9.88. The summed E-state index contributed by atoms with van der Waals surface area (Å²) in [5, 5.41) is 2.90. The first-order valence-electron chi connectivity index (χ1n) is 10.6. The summed E-state index contributed by atoms with van der Waals surface area (Å²) in [5.41, 5.74) is 2.71. The highest BCUT2D eigenvalue weighted by Gasteiger charge is 2.32. The van der Waals surface area contributed by atoms with Crippen LogP contribution in [0.3, 0.4) is 0 Å². The number of nitrogens with zero attached hydrogens (tertiary/aromatic N) is 1. The predicted molar refractivity (Wildman–Crippen MR) is 117 cm³/mol. The maximum atomic E-state index is 13.9. The minimum Gasteiger partial charge on any atom is -0.352 e. The van der Waals surface area contributed by atoms with E-state index in [4.69, 9.17) is 0 Å². The molecule has 1 heterocycles. The summed E-state index contributed by atoms with van der Waals surface area (Å²) in [5.74, 6) is -0.799. The number of piperidine rings is 1. The normalized spacial score (nSPS) is 19.2. The summed E-state index contributed by atoms with van der Waals surface area (Å²) in [4.78, 5) is 15.1. The lowest BCUT2D eigenvalue weighted by molar-refractivity contribution is -0.127. The Morgan fingerprint density at radius 3 is 2.35 bits per heavy atom. The van der Waals surface area contributed by atoms with Crippen LogP contribution in [-0.2, 0) is 17.9 Å². The number of carbonyl (C=O) groups excluding carboxylic acids is 1. The van der Waals surface area contributed by atoms with Gasteiger partial charge in [0.05, 0.1) is 5.92 Å². The summed E-state index contributed by atoms with van der Waals surface area (Å²) < 4.78 is 27.2. The molecule has 1 aliphatic rings. The monoisotopic (exact) mass is 420 g/mol. The van der Waals surface area contributed by atoms with Gasteiger partial charge in [0.15, 0.2) is 0 Å². The third-order valence-electron chi connectivity index (χ3n) is 5.95. The summed E-state index contributed by atoms with van der Waals surface area (Å²) in [6.45, 7) is 1.42. The van der Waals surface area contributed by atoms with Gasteiger partial charge in [-0.2, -0.15) is 0 Å². The number of nitrogens with one attached hydrogen (secondary N) is 1. The van der Waals surface area contributed by atoms with E-state index in [0.717, 1.165) is 18.4 Å². The Bertz CT molecular complexity index is 1010. The smallest absolute Gasteiger partial charge is 0.224 e. The van der Waals surface area contributed by atoms with Crippen molar-refractivity contribution in [3.05, 3.63) is 107 Å². The van der Waals surface area contributed by atoms with E-state index in [9.17, 15) is 13.6 Å². The van der Waals surface area contributed by atoms with Crippen molar-refractivity contribution in [2.45, 2.75) is 32.0 Å². The number of benzene rings is 3. The Balaban J connectivity index is 1.46. The van der Waals surface area contributed by atoms with Gasteiger partial charge in [-0.1, -0.05) is 60.7 Å². The maximum absolute atomic E-state index is 13.9. The fourth-order valence-corrected chi connectivity index (χ4v) is 4.28. The molecule has 1 aliphatic heterocycles. The van der Waals surface area contributed by atoms with Crippen LogP contribution in [0.5, 0.6) is 0 Å². The lowest BCUT2D eigenvalue weighted by Gasteiger charge is -2.39. The molecule has 3 aromatic carbocycles. The van der Waals surface area contributed by atoms with Crippen LogP contribution in [0, 0.1) is 17.6 Å². The van der Waals surface area contributed by atoms with E-state index in [1.54, 1.807) is 30.3 Å². The van der Waals surface area contributed by atoms with Crippen molar-refractivity contribution in [2.75, 3.05) is 6.54 Å². The second kappa shape index (κ2) is 9.84. The second-order valence-electron chi connectivity index (χ2n) is 8.07. The Labute approximate surface area is 181 Å². The number of amides is 1. The number of hydrogen-bond donors (Lipinski definition) is 1. The highest BCUT2D eigenvalue weighted by molar-refractivity contribution is 5.79. The van der Waals surface area contributed by atoms with Crippen LogP contribution < -0.4 is 5.32 Å². The molecule has 0 radical (unpaired) electrons. The van der Waals surface area contributed by atoms with Crippen LogP contribution in [0.25, 0.3) is 0 Å². The largest absolute Gasteiger partial charge is 0.352 e. The summed E-state index contributed by atoms with van der Waals surface area (Å²) in [6, 6.07) is 23.5. The van der Waals surface area contributed by atoms with E-state index in [0.29, 0.717) is 18.7 Å². The third-order valence-corrected chi connectivity index (χ3v) is 5.95. The van der Waals surface area contributed by atoms with Crippen LogP contribution in [0.15, 0.2) is 78.9 Å². The maximum Gasteiger partial charge on any atom is 0.224 e.